The lowest BCUT2D eigenvalue weighted by Gasteiger charge is -2.22. The zero-order chi connectivity index (χ0) is 20.4. The van der Waals surface area contributed by atoms with Gasteiger partial charge in [0.1, 0.15) is 12.4 Å². The third-order valence-corrected chi connectivity index (χ3v) is 4.11. The predicted octanol–water partition coefficient (Wildman–Crippen LogP) is 2.97. The summed E-state index contributed by atoms with van der Waals surface area (Å²) in [5.41, 5.74) is -2.65. The summed E-state index contributed by atoms with van der Waals surface area (Å²) in [5, 5.41) is 9.05. The molecule has 27 heavy (non-hydrogen) atoms. The second kappa shape index (κ2) is 7.84. The number of alkyl halides is 2. The van der Waals surface area contributed by atoms with Crippen molar-refractivity contribution in [3.05, 3.63) is 67.0 Å². The topological polar surface area (TPSA) is 87.9 Å². The maximum atomic E-state index is 15.3. The molecule has 0 aliphatic carbocycles. The molecule has 1 aromatic heterocycles. The number of aromatic nitrogens is 2. The Morgan fingerprint density at radius 2 is 1.96 bits per heavy atom. The van der Waals surface area contributed by atoms with Crippen LogP contribution in [0.15, 0.2) is 27.8 Å². The molecule has 2 rings (SSSR count). The van der Waals surface area contributed by atoms with Crippen LogP contribution in [0.4, 0.5) is 8.78 Å². The summed E-state index contributed by atoms with van der Waals surface area (Å²) in [7, 11) is 0. The molecule has 6 nitrogen and oxygen atoms in total. The van der Waals surface area contributed by atoms with Crippen molar-refractivity contribution in [2.24, 2.45) is 0 Å². The summed E-state index contributed by atoms with van der Waals surface area (Å²) < 4.78 is 36.4. The van der Waals surface area contributed by atoms with Crippen LogP contribution in [-0.4, -0.2) is 16.2 Å². The number of benzene rings is 1. The fourth-order valence-electron chi connectivity index (χ4n) is 2.84. The molecule has 0 amide bonds. The molecule has 144 valence electrons. The number of rotatable bonds is 6. The van der Waals surface area contributed by atoms with Crippen LogP contribution in [0.1, 0.15) is 54.6 Å². The van der Waals surface area contributed by atoms with E-state index < -0.39 is 34.3 Å². The Kier molecular flexibility index (Phi) is 5.96. The van der Waals surface area contributed by atoms with Crippen molar-refractivity contribution < 1.29 is 13.5 Å². The van der Waals surface area contributed by atoms with Crippen LogP contribution in [0.25, 0.3) is 0 Å². The lowest BCUT2D eigenvalue weighted by atomic mass is 9.94. The highest BCUT2D eigenvalue weighted by atomic mass is 19.3. The Morgan fingerprint density at radius 3 is 2.52 bits per heavy atom. The van der Waals surface area contributed by atoms with Gasteiger partial charge in [0, 0.05) is 17.7 Å². The van der Waals surface area contributed by atoms with Crippen molar-refractivity contribution in [2.75, 3.05) is 6.61 Å². The van der Waals surface area contributed by atoms with E-state index >= 15 is 8.78 Å². The van der Waals surface area contributed by atoms with Gasteiger partial charge >= 0.3 is 11.6 Å². The number of hydrogen-bond acceptors (Lipinski definition) is 4. The zero-order valence-electron chi connectivity index (χ0n) is 15.6. The molecule has 8 heteroatoms. The Bertz CT molecular complexity index is 1000. The molecule has 0 atom stereocenters. The van der Waals surface area contributed by atoms with Crippen molar-refractivity contribution in [3.8, 4) is 6.07 Å². The number of nitrogens with zero attached hydrogens (tertiary/aromatic N) is 2. The lowest BCUT2D eigenvalue weighted by Crippen LogP contribution is -2.42. The molecular weight excluding hydrogens is 356 g/mol. The average Bonchev–Trinajstić information content (AvgIpc) is 2.60. The molecule has 0 aliphatic rings. The van der Waals surface area contributed by atoms with Crippen LogP contribution in [0.2, 0.25) is 0 Å². The Balaban J connectivity index is 2.77. The summed E-state index contributed by atoms with van der Waals surface area (Å²) in [6.45, 7) is 6.41. The van der Waals surface area contributed by atoms with Crippen LogP contribution in [0.3, 0.4) is 0 Å². The second-order valence-corrected chi connectivity index (χ2v) is 6.50. The molecule has 0 bridgehead atoms. The Hall–Kier alpha value is -2.79. The van der Waals surface area contributed by atoms with Crippen molar-refractivity contribution in [1.82, 2.24) is 9.55 Å². The maximum Gasteiger partial charge on any atom is 0.330 e. The SMILES string of the molecule is CCOCn1c(=O)[nH]c(C(F)(F)c2cc(C)cc(C#N)c2)c(C(C)C)c1=O. The number of aryl methyl sites for hydroxylation is 1. The van der Waals surface area contributed by atoms with Gasteiger partial charge in [0.15, 0.2) is 0 Å². The minimum Gasteiger partial charge on any atom is -0.361 e. The summed E-state index contributed by atoms with van der Waals surface area (Å²) in [6.07, 6.45) is 0. The normalized spacial score (nSPS) is 11.6. The molecule has 1 heterocycles. The van der Waals surface area contributed by atoms with Crippen LogP contribution in [0.5, 0.6) is 0 Å². The number of halogens is 2. The first-order chi connectivity index (χ1) is 12.6. The highest BCUT2D eigenvalue weighted by Crippen LogP contribution is 2.37. The summed E-state index contributed by atoms with van der Waals surface area (Å²) >= 11 is 0. The van der Waals surface area contributed by atoms with E-state index in [2.05, 4.69) is 4.98 Å². The van der Waals surface area contributed by atoms with Gasteiger partial charge in [-0.25, -0.2) is 9.36 Å². The zero-order valence-corrected chi connectivity index (χ0v) is 15.6. The van der Waals surface area contributed by atoms with Crippen LogP contribution < -0.4 is 11.2 Å². The van der Waals surface area contributed by atoms with Gasteiger partial charge in [-0.2, -0.15) is 14.0 Å². The average molecular weight is 377 g/mol. The van der Waals surface area contributed by atoms with Gasteiger partial charge in [-0.1, -0.05) is 13.8 Å². The van der Waals surface area contributed by atoms with Gasteiger partial charge in [-0.15, -0.1) is 0 Å². The third kappa shape index (κ3) is 3.98. The molecular formula is C19H21F2N3O3. The number of ether oxygens (including phenoxy) is 1. The van der Waals surface area contributed by atoms with Gasteiger partial charge in [0.05, 0.1) is 11.6 Å². The molecule has 2 aromatic rings. The number of aromatic amines is 1. The van der Waals surface area contributed by atoms with Crippen LogP contribution >= 0.6 is 0 Å². The van der Waals surface area contributed by atoms with Crippen molar-refractivity contribution >= 4 is 0 Å². The first-order valence-electron chi connectivity index (χ1n) is 8.48. The molecule has 0 aliphatic heterocycles. The quantitative estimate of drug-likeness (QED) is 0.838. The fraction of sp³-hybridized carbons (Fsp3) is 0.421. The van der Waals surface area contributed by atoms with Crippen LogP contribution in [0, 0.1) is 18.3 Å². The van der Waals surface area contributed by atoms with Gasteiger partial charge in [0.2, 0.25) is 0 Å². The molecule has 1 N–H and O–H groups in total. The fourth-order valence-corrected chi connectivity index (χ4v) is 2.84. The van der Waals surface area contributed by atoms with Gasteiger partial charge in [-0.05, 0) is 43.5 Å². The molecule has 0 spiro atoms. The first kappa shape index (κ1) is 20.5. The van der Waals surface area contributed by atoms with Gasteiger partial charge in [0.25, 0.3) is 5.56 Å². The van der Waals surface area contributed by atoms with Crippen molar-refractivity contribution in [2.45, 2.75) is 46.3 Å². The minimum atomic E-state index is -3.65. The molecule has 1 aromatic carbocycles. The highest BCUT2D eigenvalue weighted by Gasteiger charge is 2.40. The number of H-pyrrole nitrogens is 1. The first-order valence-corrected chi connectivity index (χ1v) is 8.48. The predicted molar refractivity (Wildman–Crippen MR) is 95.9 cm³/mol. The third-order valence-electron chi connectivity index (χ3n) is 4.11. The molecule has 0 unspecified atom stereocenters. The smallest absolute Gasteiger partial charge is 0.330 e. The number of nitrogens with one attached hydrogen (secondary N) is 1. The largest absolute Gasteiger partial charge is 0.361 e. The van der Waals surface area contributed by atoms with E-state index in [1.807, 2.05) is 6.07 Å². The number of hydrogen-bond donors (Lipinski definition) is 1. The van der Waals surface area contributed by atoms with E-state index in [9.17, 15) is 9.59 Å². The van der Waals surface area contributed by atoms with Gasteiger partial charge in [-0.3, -0.25) is 4.79 Å². The van der Waals surface area contributed by atoms with E-state index in [0.717, 1.165) is 10.6 Å². The lowest BCUT2D eigenvalue weighted by molar-refractivity contribution is 0.0342. The van der Waals surface area contributed by atoms with E-state index in [-0.39, 0.29) is 24.5 Å². The van der Waals surface area contributed by atoms with Gasteiger partial charge < -0.3 is 9.72 Å². The standard InChI is InChI=1S/C19H21F2N3O3/c1-5-27-10-24-17(25)15(11(2)3)16(23-18(24)26)19(20,21)14-7-12(4)6-13(8-14)9-22/h6-8,11H,5,10H2,1-4H3,(H,23,26). The van der Waals surface area contributed by atoms with Crippen LogP contribution in [-0.2, 0) is 17.4 Å². The Labute approximate surface area is 155 Å². The summed E-state index contributed by atoms with van der Waals surface area (Å²) in [5.74, 6) is -4.22. The van der Waals surface area contributed by atoms with Crippen molar-refractivity contribution in [1.29, 1.82) is 5.26 Å². The van der Waals surface area contributed by atoms with E-state index in [1.165, 1.54) is 12.1 Å². The molecule has 0 saturated carbocycles. The monoisotopic (exact) mass is 377 g/mol. The second-order valence-electron chi connectivity index (χ2n) is 6.50. The van der Waals surface area contributed by atoms with E-state index in [0.29, 0.717) is 5.56 Å². The summed E-state index contributed by atoms with van der Waals surface area (Å²) in [4.78, 5) is 27.1. The summed E-state index contributed by atoms with van der Waals surface area (Å²) in [6, 6.07) is 5.60. The number of nitriles is 1. The molecule has 0 radical (unpaired) electrons. The Morgan fingerprint density at radius 1 is 1.30 bits per heavy atom. The minimum absolute atomic E-state index is 0.0720. The van der Waals surface area contributed by atoms with E-state index in [1.54, 1.807) is 27.7 Å². The molecule has 0 fully saturated rings. The maximum absolute atomic E-state index is 15.3. The highest BCUT2D eigenvalue weighted by molar-refractivity contribution is 5.42. The molecule has 0 saturated heterocycles. The van der Waals surface area contributed by atoms with E-state index in [4.69, 9.17) is 10.00 Å². The van der Waals surface area contributed by atoms with Crippen molar-refractivity contribution in [3.63, 3.8) is 0 Å².